The second-order valence-electron chi connectivity index (χ2n) is 4.09. The summed E-state index contributed by atoms with van der Waals surface area (Å²) in [6.07, 6.45) is 10.8. The molecule has 0 atom stereocenters. The Bertz CT molecular complexity index is 618. The summed E-state index contributed by atoms with van der Waals surface area (Å²) in [4.78, 5) is 4.33. The lowest BCUT2D eigenvalue weighted by Crippen LogP contribution is -1.84. The molecule has 0 saturated carbocycles. The second kappa shape index (κ2) is 6.48. The third-order valence-corrected chi connectivity index (χ3v) is 2.75. The standard InChI is InChI=1S/C17H15N/c1-2-3-4-5-6-7-12-17-16-11-9-8-10-15(16)13-14-18-17/h1,8-11,13-14H,3-6H2. The Morgan fingerprint density at radius 1 is 1.06 bits per heavy atom. The molecule has 0 bridgehead atoms. The van der Waals surface area contributed by atoms with Crippen LogP contribution in [0.5, 0.6) is 0 Å². The highest BCUT2D eigenvalue weighted by Gasteiger charge is 1.97. The van der Waals surface area contributed by atoms with Crippen molar-refractivity contribution in [3.63, 3.8) is 0 Å². The Balaban J connectivity index is 2.08. The molecule has 0 unspecified atom stereocenters. The quantitative estimate of drug-likeness (QED) is 0.580. The zero-order valence-corrected chi connectivity index (χ0v) is 10.3. The topological polar surface area (TPSA) is 12.9 Å². The number of pyridine rings is 1. The van der Waals surface area contributed by atoms with E-state index in [1.54, 1.807) is 0 Å². The largest absolute Gasteiger partial charge is 0.247 e. The van der Waals surface area contributed by atoms with E-state index in [0.717, 1.165) is 36.8 Å². The Labute approximate surface area is 108 Å². The van der Waals surface area contributed by atoms with Gasteiger partial charge in [0.15, 0.2) is 0 Å². The van der Waals surface area contributed by atoms with Gasteiger partial charge < -0.3 is 0 Å². The molecular formula is C17H15N. The van der Waals surface area contributed by atoms with Gasteiger partial charge in [0.1, 0.15) is 5.69 Å². The number of hydrogen-bond donors (Lipinski definition) is 0. The van der Waals surface area contributed by atoms with Crippen molar-refractivity contribution in [1.82, 2.24) is 4.98 Å². The minimum absolute atomic E-state index is 0.841. The van der Waals surface area contributed by atoms with Gasteiger partial charge in [0.05, 0.1) is 0 Å². The van der Waals surface area contributed by atoms with Gasteiger partial charge in [-0.1, -0.05) is 30.2 Å². The van der Waals surface area contributed by atoms with Crippen molar-refractivity contribution in [2.45, 2.75) is 25.7 Å². The van der Waals surface area contributed by atoms with Gasteiger partial charge in [-0.2, -0.15) is 0 Å². The van der Waals surface area contributed by atoms with E-state index >= 15 is 0 Å². The molecule has 0 spiro atoms. The minimum atomic E-state index is 0.841. The first-order valence-electron chi connectivity index (χ1n) is 6.18. The van der Waals surface area contributed by atoms with E-state index in [1.807, 2.05) is 24.4 Å². The van der Waals surface area contributed by atoms with Crippen LogP contribution in [-0.4, -0.2) is 4.98 Å². The van der Waals surface area contributed by atoms with Gasteiger partial charge in [-0.25, -0.2) is 4.98 Å². The number of terminal acetylenes is 1. The van der Waals surface area contributed by atoms with Gasteiger partial charge in [-0.05, 0) is 30.2 Å². The van der Waals surface area contributed by atoms with E-state index in [2.05, 4.69) is 34.9 Å². The maximum atomic E-state index is 5.20. The molecule has 0 N–H and O–H groups in total. The average molecular weight is 233 g/mol. The van der Waals surface area contributed by atoms with Crippen molar-refractivity contribution in [2.24, 2.45) is 0 Å². The summed E-state index contributed by atoms with van der Waals surface area (Å²) in [7, 11) is 0. The molecule has 1 aromatic heterocycles. The Morgan fingerprint density at radius 2 is 1.89 bits per heavy atom. The number of benzene rings is 1. The summed E-state index contributed by atoms with van der Waals surface area (Å²) in [5, 5.41) is 2.31. The van der Waals surface area contributed by atoms with Crippen LogP contribution in [0.4, 0.5) is 0 Å². The SMILES string of the molecule is C#CCCCCC#Cc1nccc2ccccc12. The molecule has 1 nitrogen and oxygen atoms in total. The molecule has 0 saturated heterocycles. The predicted molar refractivity (Wildman–Crippen MR) is 75.9 cm³/mol. The van der Waals surface area contributed by atoms with Gasteiger partial charge in [-0.3, -0.25) is 0 Å². The lowest BCUT2D eigenvalue weighted by Gasteiger charge is -1.98. The number of unbranched alkanes of at least 4 members (excludes halogenated alkanes) is 3. The summed E-state index contributed by atoms with van der Waals surface area (Å²) < 4.78 is 0. The first-order valence-corrected chi connectivity index (χ1v) is 6.18. The van der Waals surface area contributed by atoms with Crippen LogP contribution >= 0.6 is 0 Å². The smallest absolute Gasteiger partial charge is 0.120 e. The van der Waals surface area contributed by atoms with E-state index in [0.29, 0.717) is 0 Å². The highest BCUT2D eigenvalue weighted by molar-refractivity contribution is 5.86. The second-order valence-corrected chi connectivity index (χ2v) is 4.09. The highest BCUT2D eigenvalue weighted by atomic mass is 14.7. The number of hydrogen-bond acceptors (Lipinski definition) is 1. The van der Waals surface area contributed by atoms with E-state index in [-0.39, 0.29) is 0 Å². The normalized spacial score (nSPS) is 9.50. The lowest BCUT2D eigenvalue weighted by atomic mass is 10.1. The Kier molecular flexibility index (Phi) is 4.39. The fraction of sp³-hybridized carbons (Fsp3) is 0.235. The molecule has 18 heavy (non-hydrogen) atoms. The first kappa shape index (κ1) is 12.2. The summed E-state index contributed by atoms with van der Waals surface area (Å²) in [6.45, 7) is 0. The van der Waals surface area contributed by atoms with E-state index in [4.69, 9.17) is 6.42 Å². The summed E-state index contributed by atoms with van der Waals surface area (Å²) in [6, 6.07) is 10.2. The third-order valence-electron chi connectivity index (χ3n) is 2.75. The zero-order chi connectivity index (χ0) is 12.6. The Morgan fingerprint density at radius 3 is 2.78 bits per heavy atom. The lowest BCUT2D eigenvalue weighted by molar-refractivity contribution is 0.783. The highest BCUT2D eigenvalue weighted by Crippen LogP contribution is 2.15. The molecule has 88 valence electrons. The average Bonchev–Trinajstić information content (AvgIpc) is 2.43. The molecule has 1 aromatic carbocycles. The molecule has 2 rings (SSSR count). The maximum absolute atomic E-state index is 5.20. The predicted octanol–water partition coefficient (Wildman–Crippen LogP) is 3.78. The first-order chi connectivity index (χ1) is 8.92. The van der Waals surface area contributed by atoms with Crippen LogP contribution in [0.15, 0.2) is 36.5 Å². The maximum Gasteiger partial charge on any atom is 0.120 e. The number of aromatic nitrogens is 1. The van der Waals surface area contributed by atoms with E-state index < -0.39 is 0 Å². The fourth-order valence-electron chi connectivity index (χ4n) is 1.81. The molecule has 1 heteroatoms. The van der Waals surface area contributed by atoms with Crippen molar-refractivity contribution < 1.29 is 0 Å². The van der Waals surface area contributed by atoms with Crippen LogP contribution < -0.4 is 0 Å². The number of nitrogens with zero attached hydrogens (tertiary/aromatic N) is 1. The van der Waals surface area contributed by atoms with Crippen molar-refractivity contribution >= 4 is 10.8 Å². The van der Waals surface area contributed by atoms with Crippen LogP contribution in [-0.2, 0) is 0 Å². The summed E-state index contributed by atoms with van der Waals surface area (Å²) in [5.41, 5.74) is 0.866. The monoisotopic (exact) mass is 233 g/mol. The van der Waals surface area contributed by atoms with Crippen LogP contribution in [0.25, 0.3) is 10.8 Å². The molecule has 2 aromatic rings. The van der Waals surface area contributed by atoms with E-state index in [9.17, 15) is 0 Å². The Hall–Kier alpha value is -2.25. The number of fused-ring (bicyclic) bond motifs is 1. The summed E-state index contributed by atoms with van der Waals surface area (Å²) >= 11 is 0. The molecular weight excluding hydrogens is 218 g/mol. The van der Waals surface area contributed by atoms with Crippen LogP contribution in [0, 0.1) is 24.2 Å². The molecule has 0 aliphatic heterocycles. The zero-order valence-electron chi connectivity index (χ0n) is 10.3. The molecule has 0 aliphatic rings. The molecule has 0 radical (unpaired) electrons. The van der Waals surface area contributed by atoms with Gasteiger partial charge in [0, 0.05) is 24.4 Å². The van der Waals surface area contributed by atoms with Gasteiger partial charge >= 0.3 is 0 Å². The van der Waals surface area contributed by atoms with E-state index in [1.165, 1.54) is 5.39 Å². The minimum Gasteiger partial charge on any atom is -0.247 e. The van der Waals surface area contributed by atoms with Gasteiger partial charge in [-0.15, -0.1) is 12.3 Å². The molecule has 0 aliphatic carbocycles. The molecule has 1 heterocycles. The van der Waals surface area contributed by atoms with Crippen LogP contribution in [0.1, 0.15) is 31.4 Å². The van der Waals surface area contributed by atoms with Gasteiger partial charge in [0.25, 0.3) is 0 Å². The van der Waals surface area contributed by atoms with Crippen LogP contribution in [0.3, 0.4) is 0 Å². The van der Waals surface area contributed by atoms with Crippen molar-refractivity contribution in [1.29, 1.82) is 0 Å². The fourth-order valence-corrected chi connectivity index (χ4v) is 1.81. The summed E-state index contributed by atoms with van der Waals surface area (Å²) in [5.74, 6) is 8.96. The van der Waals surface area contributed by atoms with Crippen LogP contribution in [0.2, 0.25) is 0 Å². The van der Waals surface area contributed by atoms with Gasteiger partial charge in [0.2, 0.25) is 0 Å². The molecule has 0 fully saturated rings. The van der Waals surface area contributed by atoms with Crippen molar-refractivity contribution in [3.05, 3.63) is 42.2 Å². The third kappa shape index (κ3) is 3.12. The van der Waals surface area contributed by atoms with Crippen molar-refractivity contribution in [3.8, 4) is 24.2 Å². The van der Waals surface area contributed by atoms with Crippen molar-refractivity contribution in [2.75, 3.05) is 0 Å². The number of rotatable bonds is 3. The molecule has 0 amide bonds.